The number of halogens is 1. The summed E-state index contributed by atoms with van der Waals surface area (Å²) in [5.74, 6) is -0.508. The number of aromatic carboxylic acids is 1. The zero-order chi connectivity index (χ0) is 13.1. The van der Waals surface area contributed by atoms with Crippen molar-refractivity contribution in [2.24, 2.45) is 0 Å². The van der Waals surface area contributed by atoms with Gasteiger partial charge in [0.2, 0.25) is 0 Å². The number of carboxylic acids is 1. The lowest BCUT2D eigenvalue weighted by Gasteiger charge is -2.05. The standard InChI is InChI=1S/C13H11BrO3S/c1-8-6-11(12(18-8)13(15)16)17-7-9-2-4-10(14)5-3-9/h2-6H,7H2,1H3,(H,15,16). The van der Waals surface area contributed by atoms with E-state index < -0.39 is 5.97 Å². The second-order valence-electron chi connectivity index (χ2n) is 3.77. The molecule has 0 saturated heterocycles. The van der Waals surface area contributed by atoms with Crippen LogP contribution in [-0.2, 0) is 6.61 Å². The first-order valence-corrected chi connectivity index (χ1v) is 6.88. The van der Waals surface area contributed by atoms with Gasteiger partial charge >= 0.3 is 5.97 Å². The summed E-state index contributed by atoms with van der Waals surface area (Å²) >= 11 is 4.59. The molecule has 0 bridgehead atoms. The van der Waals surface area contributed by atoms with E-state index in [1.807, 2.05) is 31.2 Å². The lowest BCUT2D eigenvalue weighted by Crippen LogP contribution is -1.99. The highest BCUT2D eigenvalue weighted by Crippen LogP contribution is 2.29. The third-order valence-corrected chi connectivity index (χ3v) is 3.87. The highest BCUT2D eigenvalue weighted by molar-refractivity contribution is 9.10. The van der Waals surface area contributed by atoms with Crippen LogP contribution in [0.4, 0.5) is 0 Å². The molecule has 1 aromatic heterocycles. The van der Waals surface area contributed by atoms with E-state index in [1.54, 1.807) is 6.07 Å². The Morgan fingerprint density at radius 1 is 1.39 bits per heavy atom. The molecule has 2 rings (SSSR count). The number of hydrogen-bond donors (Lipinski definition) is 1. The van der Waals surface area contributed by atoms with E-state index in [0.29, 0.717) is 12.4 Å². The number of benzene rings is 1. The molecule has 0 fully saturated rings. The number of aryl methyl sites for hydroxylation is 1. The molecule has 94 valence electrons. The van der Waals surface area contributed by atoms with E-state index >= 15 is 0 Å². The van der Waals surface area contributed by atoms with Crippen molar-refractivity contribution in [2.75, 3.05) is 0 Å². The second-order valence-corrected chi connectivity index (χ2v) is 5.94. The van der Waals surface area contributed by atoms with Gasteiger partial charge in [0, 0.05) is 9.35 Å². The lowest BCUT2D eigenvalue weighted by molar-refractivity contribution is 0.0697. The number of hydrogen-bond acceptors (Lipinski definition) is 3. The van der Waals surface area contributed by atoms with Crippen molar-refractivity contribution in [3.63, 3.8) is 0 Å². The molecule has 3 nitrogen and oxygen atoms in total. The zero-order valence-electron chi connectivity index (χ0n) is 9.64. The Morgan fingerprint density at radius 3 is 2.67 bits per heavy atom. The molecule has 1 heterocycles. The van der Waals surface area contributed by atoms with Gasteiger partial charge in [-0.1, -0.05) is 28.1 Å². The van der Waals surface area contributed by atoms with Gasteiger partial charge in [0.05, 0.1) is 0 Å². The molecule has 0 radical (unpaired) electrons. The molecule has 5 heteroatoms. The first-order valence-electron chi connectivity index (χ1n) is 5.27. The van der Waals surface area contributed by atoms with E-state index in [9.17, 15) is 4.79 Å². The maximum Gasteiger partial charge on any atom is 0.349 e. The molecule has 0 unspecified atom stereocenters. The van der Waals surface area contributed by atoms with Crippen LogP contribution in [0, 0.1) is 6.92 Å². The van der Waals surface area contributed by atoms with Crippen LogP contribution in [0.25, 0.3) is 0 Å². The second kappa shape index (κ2) is 5.54. The first-order chi connectivity index (χ1) is 8.56. The summed E-state index contributed by atoms with van der Waals surface area (Å²) in [6.45, 7) is 2.23. The smallest absolute Gasteiger partial charge is 0.349 e. The van der Waals surface area contributed by atoms with Gasteiger partial charge in [-0.15, -0.1) is 11.3 Å². The van der Waals surface area contributed by atoms with Crippen LogP contribution < -0.4 is 4.74 Å². The van der Waals surface area contributed by atoms with Crippen molar-refractivity contribution >= 4 is 33.2 Å². The number of carboxylic acid groups (broad SMARTS) is 1. The topological polar surface area (TPSA) is 46.5 Å². The molecule has 0 saturated carbocycles. The summed E-state index contributed by atoms with van der Waals surface area (Å²) in [7, 11) is 0. The number of ether oxygens (including phenoxy) is 1. The molecule has 1 aromatic carbocycles. The third-order valence-electron chi connectivity index (χ3n) is 2.32. The molecular weight excluding hydrogens is 316 g/mol. The monoisotopic (exact) mass is 326 g/mol. The van der Waals surface area contributed by atoms with E-state index in [0.717, 1.165) is 14.9 Å². The maximum absolute atomic E-state index is 11.0. The molecule has 0 aliphatic carbocycles. The molecule has 2 aromatic rings. The Kier molecular flexibility index (Phi) is 4.04. The summed E-state index contributed by atoms with van der Waals surface area (Å²) in [6.07, 6.45) is 0. The Hall–Kier alpha value is -1.33. The molecule has 18 heavy (non-hydrogen) atoms. The van der Waals surface area contributed by atoms with Crippen molar-refractivity contribution in [2.45, 2.75) is 13.5 Å². The quantitative estimate of drug-likeness (QED) is 0.920. The highest BCUT2D eigenvalue weighted by Gasteiger charge is 2.15. The number of carbonyl (C=O) groups is 1. The number of rotatable bonds is 4. The molecule has 1 N–H and O–H groups in total. The first kappa shape index (κ1) is 13.1. The normalized spacial score (nSPS) is 10.3. The molecule has 0 atom stereocenters. The average molecular weight is 327 g/mol. The summed E-state index contributed by atoms with van der Waals surface area (Å²) in [6, 6.07) is 9.48. The molecule has 0 aliphatic heterocycles. The minimum atomic E-state index is -0.945. The summed E-state index contributed by atoms with van der Waals surface area (Å²) < 4.78 is 6.56. The maximum atomic E-state index is 11.0. The minimum absolute atomic E-state index is 0.254. The Bertz CT molecular complexity index is 560. The van der Waals surface area contributed by atoms with Crippen molar-refractivity contribution in [3.05, 3.63) is 50.1 Å². The van der Waals surface area contributed by atoms with Crippen LogP contribution in [-0.4, -0.2) is 11.1 Å². The Morgan fingerprint density at radius 2 is 2.06 bits per heavy atom. The molecule has 0 amide bonds. The van der Waals surface area contributed by atoms with Crippen LogP contribution in [0.5, 0.6) is 5.75 Å². The van der Waals surface area contributed by atoms with Gasteiger partial charge in [-0.2, -0.15) is 0 Å². The summed E-state index contributed by atoms with van der Waals surface area (Å²) in [5, 5.41) is 9.04. The van der Waals surface area contributed by atoms with Gasteiger partial charge in [0.1, 0.15) is 12.4 Å². The molecular formula is C13H11BrO3S. The third kappa shape index (κ3) is 3.11. The SMILES string of the molecule is Cc1cc(OCc2ccc(Br)cc2)c(C(=O)O)s1. The molecule has 0 aliphatic rings. The fourth-order valence-corrected chi connectivity index (χ4v) is 2.55. The van der Waals surface area contributed by atoms with Crippen molar-refractivity contribution in [1.29, 1.82) is 0 Å². The zero-order valence-corrected chi connectivity index (χ0v) is 12.0. The Balaban J connectivity index is 2.10. The van der Waals surface area contributed by atoms with Crippen LogP contribution in [0.3, 0.4) is 0 Å². The van der Waals surface area contributed by atoms with Gasteiger partial charge in [0.15, 0.2) is 4.88 Å². The number of thiophene rings is 1. The average Bonchev–Trinajstić information content (AvgIpc) is 2.70. The summed E-state index contributed by atoms with van der Waals surface area (Å²) in [5.41, 5.74) is 0.999. The van der Waals surface area contributed by atoms with E-state index in [4.69, 9.17) is 9.84 Å². The lowest BCUT2D eigenvalue weighted by atomic mass is 10.2. The van der Waals surface area contributed by atoms with Crippen molar-refractivity contribution < 1.29 is 14.6 Å². The van der Waals surface area contributed by atoms with Crippen LogP contribution >= 0.6 is 27.3 Å². The van der Waals surface area contributed by atoms with Crippen molar-refractivity contribution in [3.8, 4) is 5.75 Å². The van der Waals surface area contributed by atoms with Crippen LogP contribution in [0.2, 0.25) is 0 Å². The van der Waals surface area contributed by atoms with Gasteiger partial charge < -0.3 is 9.84 Å². The van der Waals surface area contributed by atoms with Crippen LogP contribution in [0.15, 0.2) is 34.8 Å². The van der Waals surface area contributed by atoms with E-state index in [-0.39, 0.29) is 4.88 Å². The predicted molar refractivity (Wildman–Crippen MR) is 74.5 cm³/mol. The summed E-state index contributed by atoms with van der Waals surface area (Å²) in [4.78, 5) is 12.2. The highest BCUT2D eigenvalue weighted by atomic mass is 79.9. The molecule has 0 spiro atoms. The van der Waals surface area contributed by atoms with Crippen molar-refractivity contribution in [1.82, 2.24) is 0 Å². The van der Waals surface area contributed by atoms with Gasteiger partial charge in [0.25, 0.3) is 0 Å². The Labute approximate surface area is 117 Å². The fourth-order valence-electron chi connectivity index (χ4n) is 1.49. The van der Waals surface area contributed by atoms with E-state index in [2.05, 4.69) is 15.9 Å². The van der Waals surface area contributed by atoms with Gasteiger partial charge in [-0.05, 0) is 30.7 Å². The fraction of sp³-hybridized carbons (Fsp3) is 0.154. The largest absolute Gasteiger partial charge is 0.487 e. The predicted octanol–water partition coefficient (Wildman–Crippen LogP) is 4.10. The van der Waals surface area contributed by atoms with E-state index in [1.165, 1.54) is 11.3 Å². The van der Waals surface area contributed by atoms with Crippen LogP contribution in [0.1, 0.15) is 20.1 Å². The van der Waals surface area contributed by atoms with Gasteiger partial charge in [-0.3, -0.25) is 0 Å². The van der Waals surface area contributed by atoms with Gasteiger partial charge in [-0.25, -0.2) is 4.79 Å². The minimum Gasteiger partial charge on any atom is -0.487 e.